The summed E-state index contributed by atoms with van der Waals surface area (Å²) in [6, 6.07) is 6.79. The normalized spacial score (nSPS) is 13.2. The summed E-state index contributed by atoms with van der Waals surface area (Å²) < 4.78 is 28.2. The van der Waals surface area contributed by atoms with Crippen molar-refractivity contribution < 1.29 is 13.2 Å². The van der Waals surface area contributed by atoms with Crippen molar-refractivity contribution in [2.75, 3.05) is 31.3 Å². The maximum Gasteiger partial charge on any atom is 0.178 e. The van der Waals surface area contributed by atoms with Crippen molar-refractivity contribution in [3.05, 3.63) is 24.3 Å². The van der Waals surface area contributed by atoms with Crippen LogP contribution in [0.2, 0.25) is 0 Å². The van der Waals surface area contributed by atoms with E-state index >= 15 is 0 Å². The van der Waals surface area contributed by atoms with Gasteiger partial charge >= 0.3 is 0 Å². The van der Waals surface area contributed by atoms with E-state index in [-0.39, 0.29) is 11.8 Å². The molecule has 0 aromatic heterocycles. The Hall–Kier alpha value is -1.11. The molecule has 0 aliphatic rings. The predicted octanol–water partition coefficient (Wildman–Crippen LogP) is 1.26. The summed E-state index contributed by atoms with van der Waals surface area (Å²) in [5.41, 5.74) is 6.69. The summed E-state index contributed by atoms with van der Waals surface area (Å²) in [7, 11) is -1.50. The molecule has 0 heterocycles. The maximum atomic E-state index is 11.6. The standard InChI is InChI=1S/C13H22N2O3S/c1-3-19(16,17)13-6-4-12(5-7-13)15-9-8-11(14)10-18-2/h4-7,11,15H,3,8-10,14H2,1-2H3. The first-order valence-electron chi connectivity index (χ1n) is 6.30. The molecular weight excluding hydrogens is 264 g/mol. The van der Waals surface area contributed by atoms with Crippen LogP contribution in [0.4, 0.5) is 5.69 Å². The molecule has 3 N–H and O–H groups in total. The van der Waals surface area contributed by atoms with E-state index in [1.54, 1.807) is 38.3 Å². The molecule has 19 heavy (non-hydrogen) atoms. The lowest BCUT2D eigenvalue weighted by Gasteiger charge is -2.12. The van der Waals surface area contributed by atoms with Gasteiger partial charge in [0, 0.05) is 25.4 Å². The minimum Gasteiger partial charge on any atom is -0.385 e. The van der Waals surface area contributed by atoms with Gasteiger partial charge in [-0.3, -0.25) is 0 Å². The predicted molar refractivity (Wildman–Crippen MR) is 77.1 cm³/mol. The van der Waals surface area contributed by atoms with Crippen molar-refractivity contribution in [1.82, 2.24) is 0 Å². The Bertz CT molecular complexity index is 471. The first-order valence-corrected chi connectivity index (χ1v) is 7.96. The molecule has 0 aliphatic heterocycles. The Kier molecular flexibility index (Phi) is 6.27. The van der Waals surface area contributed by atoms with Crippen LogP contribution in [0.1, 0.15) is 13.3 Å². The molecule has 0 radical (unpaired) electrons. The van der Waals surface area contributed by atoms with Gasteiger partial charge in [-0.25, -0.2) is 8.42 Å². The SMILES string of the molecule is CCS(=O)(=O)c1ccc(NCCC(N)COC)cc1. The minimum atomic E-state index is -3.12. The quantitative estimate of drug-likeness (QED) is 0.752. The summed E-state index contributed by atoms with van der Waals surface area (Å²) in [4.78, 5) is 0.358. The summed E-state index contributed by atoms with van der Waals surface area (Å²) in [5, 5.41) is 3.20. The van der Waals surface area contributed by atoms with Crippen molar-refractivity contribution >= 4 is 15.5 Å². The third-order valence-electron chi connectivity index (χ3n) is 2.82. The highest BCUT2D eigenvalue weighted by Gasteiger charge is 2.10. The number of sulfone groups is 1. The summed E-state index contributed by atoms with van der Waals surface area (Å²) in [6.07, 6.45) is 0.794. The zero-order valence-electron chi connectivity index (χ0n) is 11.4. The fourth-order valence-corrected chi connectivity index (χ4v) is 2.53. The third kappa shape index (κ3) is 5.18. The highest BCUT2D eigenvalue weighted by molar-refractivity contribution is 7.91. The Morgan fingerprint density at radius 2 is 1.95 bits per heavy atom. The Morgan fingerprint density at radius 3 is 2.47 bits per heavy atom. The van der Waals surface area contributed by atoms with Gasteiger partial charge in [0.2, 0.25) is 0 Å². The molecule has 1 rings (SSSR count). The van der Waals surface area contributed by atoms with Crippen LogP contribution >= 0.6 is 0 Å². The van der Waals surface area contributed by atoms with Gasteiger partial charge in [0.15, 0.2) is 9.84 Å². The van der Waals surface area contributed by atoms with E-state index in [1.165, 1.54) is 0 Å². The lowest BCUT2D eigenvalue weighted by atomic mass is 10.2. The first-order chi connectivity index (χ1) is 8.99. The van der Waals surface area contributed by atoms with E-state index < -0.39 is 9.84 Å². The number of ether oxygens (including phenoxy) is 1. The van der Waals surface area contributed by atoms with Crippen molar-refractivity contribution in [1.29, 1.82) is 0 Å². The molecule has 1 aromatic rings. The summed E-state index contributed by atoms with van der Waals surface area (Å²) in [5.74, 6) is 0.117. The number of hydrogen-bond donors (Lipinski definition) is 2. The zero-order chi connectivity index (χ0) is 14.3. The topological polar surface area (TPSA) is 81.4 Å². The molecule has 1 atom stereocenters. The maximum absolute atomic E-state index is 11.6. The van der Waals surface area contributed by atoms with E-state index in [0.29, 0.717) is 11.5 Å². The van der Waals surface area contributed by atoms with Gasteiger partial charge in [-0.05, 0) is 30.7 Å². The fraction of sp³-hybridized carbons (Fsp3) is 0.538. The second kappa shape index (κ2) is 7.47. The number of benzene rings is 1. The minimum absolute atomic E-state index is 0.0113. The molecule has 0 amide bonds. The molecule has 5 nitrogen and oxygen atoms in total. The number of nitrogens with two attached hydrogens (primary N) is 1. The molecule has 0 spiro atoms. The van der Waals surface area contributed by atoms with E-state index in [2.05, 4.69) is 5.32 Å². The van der Waals surface area contributed by atoms with Crippen molar-refractivity contribution in [2.45, 2.75) is 24.3 Å². The van der Waals surface area contributed by atoms with Crippen LogP contribution in [0, 0.1) is 0 Å². The van der Waals surface area contributed by atoms with Crippen LogP contribution < -0.4 is 11.1 Å². The van der Waals surface area contributed by atoms with Crippen LogP contribution in [-0.4, -0.2) is 40.5 Å². The van der Waals surface area contributed by atoms with Gasteiger partial charge in [-0.15, -0.1) is 0 Å². The molecule has 0 aliphatic carbocycles. The Labute approximate surface area is 115 Å². The molecule has 0 fully saturated rings. The number of anilines is 1. The average molecular weight is 286 g/mol. The Morgan fingerprint density at radius 1 is 1.32 bits per heavy atom. The van der Waals surface area contributed by atoms with Crippen molar-refractivity contribution in [3.63, 3.8) is 0 Å². The molecule has 0 saturated heterocycles. The van der Waals surface area contributed by atoms with Gasteiger partial charge in [0.05, 0.1) is 17.3 Å². The van der Waals surface area contributed by atoms with Gasteiger partial charge in [0.1, 0.15) is 0 Å². The lowest BCUT2D eigenvalue weighted by molar-refractivity contribution is 0.178. The lowest BCUT2D eigenvalue weighted by Crippen LogP contribution is -2.28. The molecular formula is C13H22N2O3S. The highest BCUT2D eigenvalue weighted by atomic mass is 32.2. The number of hydrogen-bond acceptors (Lipinski definition) is 5. The molecule has 108 valence electrons. The first kappa shape index (κ1) is 15.9. The van der Waals surface area contributed by atoms with Crippen LogP contribution in [0.5, 0.6) is 0 Å². The van der Waals surface area contributed by atoms with Crippen LogP contribution in [0.3, 0.4) is 0 Å². The van der Waals surface area contributed by atoms with Crippen molar-refractivity contribution in [2.24, 2.45) is 5.73 Å². The molecule has 0 bridgehead atoms. The second-order valence-corrected chi connectivity index (χ2v) is 6.64. The van der Waals surface area contributed by atoms with E-state index in [1.807, 2.05) is 0 Å². The fourth-order valence-electron chi connectivity index (χ4n) is 1.65. The van der Waals surface area contributed by atoms with Crippen LogP contribution in [0.25, 0.3) is 0 Å². The largest absolute Gasteiger partial charge is 0.385 e. The number of nitrogens with one attached hydrogen (secondary N) is 1. The molecule has 6 heteroatoms. The van der Waals surface area contributed by atoms with E-state index in [4.69, 9.17) is 10.5 Å². The molecule has 1 unspecified atom stereocenters. The second-order valence-electron chi connectivity index (χ2n) is 4.36. The monoisotopic (exact) mass is 286 g/mol. The zero-order valence-corrected chi connectivity index (χ0v) is 12.2. The van der Waals surface area contributed by atoms with Crippen molar-refractivity contribution in [3.8, 4) is 0 Å². The van der Waals surface area contributed by atoms with Gasteiger partial charge < -0.3 is 15.8 Å². The van der Waals surface area contributed by atoms with Gasteiger partial charge in [0.25, 0.3) is 0 Å². The summed E-state index contributed by atoms with van der Waals surface area (Å²) >= 11 is 0. The van der Waals surface area contributed by atoms with Crippen LogP contribution in [0.15, 0.2) is 29.2 Å². The summed E-state index contributed by atoms with van der Waals surface area (Å²) in [6.45, 7) is 2.90. The van der Waals surface area contributed by atoms with E-state index in [9.17, 15) is 8.42 Å². The molecule has 1 aromatic carbocycles. The Balaban J connectivity index is 2.49. The molecule has 0 saturated carbocycles. The highest BCUT2D eigenvalue weighted by Crippen LogP contribution is 2.15. The third-order valence-corrected chi connectivity index (χ3v) is 4.57. The number of rotatable bonds is 8. The van der Waals surface area contributed by atoms with E-state index in [0.717, 1.165) is 18.7 Å². The van der Waals surface area contributed by atoms with Gasteiger partial charge in [-0.1, -0.05) is 6.92 Å². The average Bonchev–Trinajstić information content (AvgIpc) is 2.40. The van der Waals surface area contributed by atoms with Gasteiger partial charge in [-0.2, -0.15) is 0 Å². The van der Waals surface area contributed by atoms with Crippen LogP contribution in [-0.2, 0) is 14.6 Å². The number of methoxy groups -OCH3 is 1. The smallest absolute Gasteiger partial charge is 0.178 e.